The summed E-state index contributed by atoms with van der Waals surface area (Å²) in [7, 11) is 0. The molecule has 0 radical (unpaired) electrons. The molecule has 1 heterocycles. The smallest absolute Gasteiger partial charge is 0.345 e. The zero-order valence-corrected chi connectivity index (χ0v) is 12.7. The third-order valence-electron chi connectivity index (χ3n) is 3.13. The van der Waals surface area contributed by atoms with E-state index in [2.05, 4.69) is 15.3 Å². The Morgan fingerprint density at radius 1 is 1.33 bits per heavy atom. The van der Waals surface area contributed by atoms with Crippen molar-refractivity contribution in [2.45, 2.75) is 46.6 Å². The Bertz CT molecular complexity index is 566. The minimum atomic E-state index is -1.05. The number of nitrogens with zero attached hydrogens (tertiary/aromatic N) is 1. The average Bonchev–Trinajstić information content (AvgIpc) is 2.32. The molecule has 7 nitrogen and oxygen atoms in total. The Morgan fingerprint density at radius 2 is 1.95 bits per heavy atom. The maximum atomic E-state index is 12.0. The van der Waals surface area contributed by atoms with E-state index in [1.54, 1.807) is 13.8 Å². The number of carbonyl (C=O) groups is 2. The molecule has 1 atom stereocenters. The number of aliphatic carboxylic acids is 1. The molecule has 0 spiro atoms. The first-order valence-electron chi connectivity index (χ1n) is 6.79. The van der Waals surface area contributed by atoms with Gasteiger partial charge in [-0.15, -0.1) is 0 Å². The molecule has 3 N–H and O–H groups in total. The summed E-state index contributed by atoms with van der Waals surface area (Å²) in [6.45, 7) is 7.11. The van der Waals surface area contributed by atoms with Crippen molar-refractivity contribution in [3.8, 4) is 0 Å². The van der Waals surface area contributed by atoms with Crippen LogP contribution in [0.2, 0.25) is 0 Å². The van der Waals surface area contributed by atoms with E-state index >= 15 is 0 Å². The summed E-state index contributed by atoms with van der Waals surface area (Å²) in [6.07, 6.45) is 0.353. The monoisotopic (exact) mass is 295 g/mol. The van der Waals surface area contributed by atoms with Crippen molar-refractivity contribution < 1.29 is 14.7 Å². The van der Waals surface area contributed by atoms with E-state index in [0.717, 1.165) is 0 Å². The second kappa shape index (κ2) is 7.01. The van der Waals surface area contributed by atoms with E-state index < -0.39 is 23.6 Å². The number of amides is 1. The number of rotatable bonds is 6. The number of hydrogen-bond donors (Lipinski definition) is 3. The van der Waals surface area contributed by atoms with Gasteiger partial charge in [0.05, 0.1) is 6.42 Å². The van der Waals surface area contributed by atoms with E-state index in [-0.39, 0.29) is 12.3 Å². The molecule has 116 valence electrons. The number of nitrogens with one attached hydrogen (secondary N) is 2. The topological polar surface area (TPSA) is 112 Å². The van der Waals surface area contributed by atoms with Gasteiger partial charge in [-0.2, -0.15) is 4.98 Å². The van der Waals surface area contributed by atoms with Crippen molar-refractivity contribution in [1.82, 2.24) is 15.3 Å². The zero-order valence-electron chi connectivity index (χ0n) is 12.7. The summed E-state index contributed by atoms with van der Waals surface area (Å²) in [4.78, 5) is 40.6. The first-order chi connectivity index (χ1) is 9.70. The van der Waals surface area contributed by atoms with Crippen LogP contribution in [0.15, 0.2) is 4.79 Å². The lowest BCUT2D eigenvalue weighted by molar-refractivity contribution is -0.142. The Balaban J connectivity index is 2.82. The van der Waals surface area contributed by atoms with Gasteiger partial charge in [0, 0.05) is 17.0 Å². The minimum Gasteiger partial charge on any atom is -0.480 e. The van der Waals surface area contributed by atoms with Gasteiger partial charge < -0.3 is 15.4 Å². The largest absolute Gasteiger partial charge is 0.480 e. The van der Waals surface area contributed by atoms with Crippen molar-refractivity contribution in [3.05, 3.63) is 27.4 Å². The van der Waals surface area contributed by atoms with E-state index in [1.807, 2.05) is 13.8 Å². The molecule has 7 heteroatoms. The average molecular weight is 295 g/mol. The molecule has 0 aliphatic carbocycles. The van der Waals surface area contributed by atoms with Gasteiger partial charge in [-0.05, 0) is 26.2 Å². The summed E-state index contributed by atoms with van der Waals surface area (Å²) < 4.78 is 0. The molecule has 1 amide bonds. The first-order valence-corrected chi connectivity index (χ1v) is 6.79. The maximum Gasteiger partial charge on any atom is 0.345 e. The third kappa shape index (κ3) is 5.02. The van der Waals surface area contributed by atoms with Crippen LogP contribution in [-0.4, -0.2) is 33.0 Å². The van der Waals surface area contributed by atoms with Crippen LogP contribution in [0.1, 0.15) is 37.2 Å². The van der Waals surface area contributed by atoms with E-state index in [9.17, 15) is 14.4 Å². The van der Waals surface area contributed by atoms with Gasteiger partial charge in [-0.3, -0.25) is 4.79 Å². The van der Waals surface area contributed by atoms with Crippen LogP contribution in [0.3, 0.4) is 0 Å². The Hall–Kier alpha value is -2.18. The van der Waals surface area contributed by atoms with Crippen LogP contribution < -0.4 is 11.0 Å². The van der Waals surface area contributed by atoms with Crippen LogP contribution in [0.25, 0.3) is 0 Å². The lowest BCUT2D eigenvalue weighted by atomic mass is 10.0. The number of hydrogen-bond acceptors (Lipinski definition) is 4. The molecule has 0 saturated carbocycles. The molecule has 1 aromatic heterocycles. The summed E-state index contributed by atoms with van der Waals surface area (Å²) in [5.74, 6) is -1.29. The molecule has 0 saturated heterocycles. The highest BCUT2D eigenvalue weighted by Crippen LogP contribution is 2.09. The van der Waals surface area contributed by atoms with Crippen LogP contribution in [0, 0.1) is 19.8 Å². The molecule has 0 aromatic carbocycles. The summed E-state index contributed by atoms with van der Waals surface area (Å²) in [5, 5.41) is 11.6. The number of carboxylic acids is 1. The number of aromatic nitrogens is 2. The zero-order chi connectivity index (χ0) is 16.2. The normalized spacial score (nSPS) is 12.2. The SMILES string of the molecule is Cc1nc(=O)[nH]c(C)c1CC(=O)N[C@@H](CC(C)C)C(=O)O. The minimum absolute atomic E-state index is 0.0106. The summed E-state index contributed by atoms with van der Waals surface area (Å²) in [5.41, 5.74) is 1.19. The third-order valence-corrected chi connectivity index (χ3v) is 3.13. The second-order valence-corrected chi connectivity index (χ2v) is 5.50. The molecule has 0 aliphatic heterocycles. The number of H-pyrrole nitrogens is 1. The predicted octanol–water partition coefficient (Wildman–Crippen LogP) is 0.545. The first kappa shape index (κ1) is 16.9. The van der Waals surface area contributed by atoms with Gasteiger partial charge in [0.1, 0.15) is 6.04 Å². The van der Waals surface area contributed by atoms with Crippen LogP contribution >= 0.6 is 0 Å². The van der Waals surface area contributed by atoms with Gasteiger partial charge in [0.15, 0.2) is 0 Å². The standard InChI is InChI=1S/C14H21N3O4/c1-7(2)5-11(13(19)20)17-12(18)6-10-8(3)15-14(21)16-9(10)4/h7,11H,5-6H2,1-4H3,(H,17,18)(H,19,20)(H,15,16,21)/t11-/m0/s1. The van der Waals surface area contributed by atoms with Crippen molar-refractivity contribution >= 4 is 11.9 Å². The fourth-order valence-corrected chi connectivity index (χ4v) is 2.11. The summed E-state index contributed by atoms with van der Waals surface area (Å²) in [6, 6.07) is -0.908. The van der Waals surface area contributed by atoms with Crippen molar-refractivity contribution in [1.29, 1.82) is 0 Å². The van der Waals surface area contributed by atoms with Crippen LogP contribution in [0.4, 0.5) is 0 Å². The van der Waals surface area contributed by atoms with Crippen molar-refractivity contribution in [2.75, 3.05) is 0 Å². The highest BCUT2D eigenvalue weighted by atomic mass is 16.4. The molecule has 0 bridgehead atoms. The van der Waals surface area contributed by atoms with Gasteiger partial charge in [-0.1, -0.05) is 13.8 Å². The predicted molar refractivity (Wildman–Crippen MR) is 77.1 cm³/mol. The fourth-order valence-electron chi connectivity index (χ4n) is 2.11. The van der Waals surface area contributed by atoms with Crippen molar-refractivity contribution in [2.24, 2.45) is 5.92 Å². The van der Waals surface area contributed by atoms with Gasteiger partial charge >= 0.3 is 11.7 Å². The molecular weight excluding hydrogens is 274 g/mol. The molecule has 1 rings (SSSR count). The highest BCUT2D eigenvalue weighted by molar-refractivity contribution is 5.85. The van der Waals surface area contributed by atoms with Crippen LogP contribution in [0.5, 0.6) is 0 Å². The fraction of sp³-hybridized carbons (Fsp3) is 0.571. The Labute approximate surface area is 122 Å². The molecule has 0 fully saturated rings. The Kier molecular flexibility index (Phi) is 5.63. The van der Waals surface area contributed by atoms with E-state index in [1.165, 1.54) is 0 Å². The number of aryl methyl sites for hydroxylation is 2. The Morgan fingerprint density at radius 3 is 2.43 bits per heavy atom. The number of aromatic amines is 1. The molecule has 0 aliphatic rings. The van der Waals surface area contributed by atoms with E-state index in [4.69, 9.17) is 5.11 Å². The number of carboxylic acid groups (broad SMARTS) is 1. The van der Waals surface area contributed by atoms with Gasteiger partial charge in [0.2, 0.25) is 5.91 Å². The quantitative estimate of drug-likeness (QED) is 0.709. The van der Waals surface area contributed by atoms with Gasteiger partial charge in [0.25, 0.3) is 0 Å². The molecule has 0 unspecified atom stereocenters. The summed E-state index contributed by atoms with van der Waals surface area (Å²) >= 11 is 0. The van der Waals surface area contributed by atoms with E-state index in [0.29, 0.717) is 23.4 Å². The highest BCUT2D eigenvalue weighted by Gasteiger charge is 2.22. The van der Waals surface area contributed by atoms with Gasteiger partial charge in [-0.25, -0.2) is 9.59 Å². The van der Waals surface area contributed by atoms with Crippen LogP contribution in [-0.2, 0) is 16.0 Å². The lowest BCUT2D eigenvalue weighted by Crippen LogP contribution is -2.42. The van der Waals surface area contributed by atoms with Crippen molar-refractivity contribution in [3.63, 3.8) is 0 Å². The second-order valence-electron chi connectivity index (χ2n) is 5.50. The number of carbonyl (C=O) groups excluding carboxylic acids is 1. The lowest BCUT2D eigenvalue weighted by Gasteiger charge is -2.17. The molecular formula is C14H21N3O4. The molecule has 1 aromatic rings. The maximum absolute atomic E-state index is 12.0. The molecule has 21 heavy (non-hydrogen) atoms.